The van der Waals surface area contributed by atoms with E-state index in [0.717, 1.165) is 25.7 Å². The van der Waals surface area contributed by atoms with Crippen LogP contribution in [0.5, 0.6) is 5.75 Å². The molecule has 0 aliphatic heterocycles. The van der Waals surface area contributed by atoms with Gasteiger partial charge in [0.05, 0.1) is 6.10 Å². The van der Waals surface area contributed by atoms with Crippen LogP contribution in [-0.4, -0.2) is 37.9 Å². The van der Waals surface area contributed by atoms with Crippen molar-refractivity contribution in [2.75, 3.05) is 13.7 Å². The molecule has 2 aromatic carbocycles. The van der Waals surface area contributed by atoms with Gasteiger partial charge in [0.25, 0.3) is 0 Å². The van der Waals surface area contributed by atoms with Gasteiger partial charge in [-0.1, -0.05) is 50.2 Å². The van der Waals surface area contributed by atoms with Crippen LogP contribution in [0.4, 0.5) is 4.79 Å². The highest BCUT2D eigenvalue weighted by Gasteiger charge is 2.47. The van der Waals surface area contributed by atoms with Crippen molar-refractivity contribution >= 4 is 6.09 Å². The summed E-state index contributed by atoms with van der Waals surface area (Å²) in [6, 6.07) is 16.2. The molecule has 0 bridgehead atoms. The number of amides is 1. The first-order valence-electron chi connectivity index (χ1n) is 11.1. The smallest absolute Gasteiger partial charge is 0.409 e. The maximum Gasteiger partial charge on any atom is 0.409 e. The Balaban J connectivity index is 1.86. The number of carbonyl (C=O) groups excluding carboxylic acids is 1. The van der Waals surface area contributed by atoms with E-state index in [2.05, 4.69) is 31.3 Å². The highest BCUT2D eigenvalue weighted by atomic mass is 16.5. The first-order valence-corrected chi connectivity index (χ1v) is 11.1. The Morgan fingerprint density at radius 2 is 1.90 bits per heavy atom. The molecule has 0 unspecified atom stereocenters. The predicted octanol–water partition coefficient (Wildman–Crippen LogP) is 3.30. The van der Waals surface area contributed by atoms with Crippen molar-refractivity contribution < 1.29 is 14.3 Å². The normalized spacial score (nSPS) is 20.6. The first kappa shape index (κ1) is 23.3. The maximum atomic E-state index is 11.3. The van der Waals surface area contributed by atoms with Gasteiger partial charge in [-0.2, -0.15) is 0 Å². The van der Waals surface area contributed by atoms with Crippen LogP contribution in [0.2, 0.25) is 0 Å². The van der Waals surface area contributed by atoms with Crippen molar-refractivity contribution in [3.63, 3.8) is 0 Å². The lowest BCUT2D eigenvalue weighted by molar-refractivity contribution is 0.0239. The molecule has 0 spiro atoms. The lowest BCUT2D eigenvalue weighted by atomic mass is 9.62. The number of methoxy groups -OCH3 is 1. The second kappa shape index (κ2) is 10.3. The first-order chi connectivity index (χ1) is 14.9. The number of rotatable bonds is 9. The molecule has 31 heavy (non-hydrogen) atoms. The fourth-order valence-corrected chi connectivity index (χ4v) is 5.12. The van der Waals surface area contributed by atoms with Gasteiger partial charge in [0.15, 0.2) is 0 Å². The Labute approximate surface area is 185 Å². The standard InChI is InChI=1S/C25H35N3O3/c1-4-25(5-2)21-15-20(31-24(27)29)12-11-18(21)14-22(30-3)23(25)28-16-19(26)13-17-9-7-6-8-10-17/h6-12,15,19,22-23,28H,4-5,13-14,16,26H2,1-3H3,(H2,27,29)/t19-,22+,23-/m0/s1. The van der Waals surface area contributed by atoms with E-state index in [1.54, 1.807) is 13.2 Å². The molecule has 3 rings (SSSR count). The van der Waals surface area contributed by atoms with Crippen LogP contribution in [0.3, 0.4) is 0 Å². The highest BCUT2D eigenvalue weighted by Crippen LogP contribution is 2.44. The van der Waals surface area contributed by atoms with E-state index in [4.69, 9.17) is 20.9 Å². The predicted molar refractivity (Wildman–Crippen MR) is 123 cm³/mol. The van der Waals surface area contributed by atoms with E-state index in [9.17, 15) is 4.79 Å². The Bertz CT molecular complexity index is 868. The van der Waals surface area contributed by atoms with Crippen LogP contribution in [-0.2, 0) is 23.0 Å². The zero-order chi connectivity index (χ0) is 22.4. The Kier molecular flexibility index (Phi) is 7.70. The van der Waals surface area contributed by atoms with Gasteiger partial charge in [0, 0.05) is 37.6 Å². The molecule has 0 saturated carbocycles. The molecule has 0 radical (unpaired) electrons. The summed E-state index contributed by atoms with van der Waals surface area (Å²) in [7, 11) is 1.77. The third-order valence-electron chi connectivity index (χ3n) is 6.73. The quantitative estimate of drug-likeness (QED) is 0.572. The Morgan fingerprint density at radius 1 is 1.19 bits per heavy atom. The lowest BCUT2D eigenvalue weighted by Crippen LogP contribution is -2.60. The second-order valence-corrected chi connectivity index (χ2v) is 8.42. The average molecular weight is 426 g/mol. The Morgan fingerprint density at radius 3 is 2.52 bits per heavy atom. The molecule has 5 N–H and O–H groups in total. The molecule has 1 aliphatic rings. The fourth-order valence-electron chi connectivity index (χ4n) is 5.12. The summed E-state index contributed by atoms with van der Waals surface area (Å²) in [5.74, 6) is 0.480. The topological polar surface area (TPSA) is 99.6 Å². The number of ether oxygens (including phenoxy) is 2. The zero-order valence-electron chi connectivity index (χ0n) is 18.8. The largest absolute Gasteiger partial charge is 0.410 e. The zero-order valence-corrected chi connectivity index (χ0v) is 18.8. The highest BCUT2D eigenvalue weighted by molar-refractivity contribution is 5.68. The summed E-state index contributed by atoms with van der Waals surface area (Å²) >= 11 is 0. The molecular formula is C25H35N3O3. The van der Waals surface area contributed by atoms with Gasteiger partial charge in [-0.3, -0.25) is 0 Å². The van der Waals surface area contributed by atoms with E-state index in [-0.39, 0.29) is 23.6 Å². The van der Waals surface area contributed by atoms with Gasteiger partial charge >= 0.3 is 6.09 Å². The molecule has 1 amide bonds. The Hall–Kier alpha value is -2.41. The van der Waals surface area contributed by atoms with E-state index in [1.807, 2.05) is 30.3 Å². The van der Waals surface area contributed by atoms with Crippen LogP contribution < -0.4 is 21.5 Å². The third kappa shape index (κ3) is 5.09. The number of benzene rings is 2. The van der Waals surface area contributed by atoms with E-state index >= 15 is 0 Å². The van der Waals surface area contributed by atoms with Crippen molar-refractivity contribution in [1.29, 1.82) is 0 Å². The summed E-state index contributed by atoms with van der Waals surface area (Å²) in [5.41, 5.74) is 15.2. The van der Waals surface area contributed by atoms with Crippen molar-refractivity contribution in [3.05, 3.63) is 65.2 Å². The lowest BCUT2D eigenvalue weighted by Gasteiger charge is -2.49. The summed E-state index contributed by atoms with van der Waals surface area (Å²) in [6.07, 6.45) is 2.67. The number of fused-ring (bicyclic) bond motifs is 1. The van der Waals surface area contributed by atoms with Crippen LogP contribution in [0, 0.1) is 0 Å². The molecule has 2 aromatic rings. The molecule has 6 heteroatoms. The molecular weight excluding hydrogens is 390 g/mol. The molecule has 0 heterocycles. The SMILES string of the molecule is CCC1(CC)c2cc(OC(N)=O)ccc2C[C@@H](OC)[C@@H]1NC[C@@H](N)Cc1ccccc1. The summed E-state index contributed by atoms with van der Waals surface area (Å²) < 4.78 is 11.1. The molecule has 0 saturated heterocycles. The minimum Gasteiger partial charge on any atom is -0.410 e. The summed E-state index contributed by atoms with van der Waals surface area (Å²) in [6.45, 7) is 5.09. The van der Waals surface area contributed by atoms with Gasteiger partial charge in [-0.25, -0.2) is 4.79 Å². The number of hydrogen-bond acceptors (Lipinski definition) is 5. The molecule has 6 nitrogen and oxygen atoms in total. The number of carbonyl (C=O) groups is 1. The van der Waals surface area contributed by atoms with Crippen LogP contribution in [0.15, 0.2) is 48.5 Å². The van der Waals surface area contributed by atoms with Crippen LogP contribution >= 0.6 is 0 Å². The summed E-state index contributed by atoms with van der Waals surface area (Å²) in [5, 5.41) is 3.75. The van der Waals surface area contributed by atoms with E-state index in [0.29, 0.717) is 12.3 Å². The summed E-state index contributed by atoms with van der Waals surface area (Å²) in [4.78, 5) is 11.3. The van der Waals surface area contributed by atoms with E-state index in [1.165, 1.54) is 16.7 Å². The maximum absolute atomic E-state index is 11.3. The average Bonchev–Trinajstić information content (AvgIpc) is 2.77. The number of primary amides is 1. The molecule has 1 aliphatic carbocycles. The second-order valence-electron chi connectivity index (χ2n) is 8.42. The molecule has 0 aromatic heterocycles. The van der Waals surface area contributed by atoms with Gasteiger partial charge in [0.2, 0.25) is 0 Å². The number of hydrogen-bond donors (Lipinski definition) is 3. The van der Waals surface area contributed by atoms with Crippen molar-refractivity contribution in [3.8, 4) is 5.75 Å². The number of nitrogens with two attached hydrogens (primary N) is 2. The van der Waals surface area contributed by atoms with Gasteiger partial charge in [-0.15, -0.1) is 0 Å². The fraction of sp³-hybridized carbons (Fsp3) is 0.480. The van der Waals surface area contributed by atoms with Crippen LogP contribution in [0.25, 0.3) is 0 Å². The van der Waals surface area contributed by atoms with Gasteiger partial charge in [-0.05, 0) is 48.1 Å². The third-order valence-corrected chi connectivity index (χ3v) is 6.73. The van der Waals surface area contributed by atoms with Crippen LogP contribution in [0.1, 0.15) is 43.4 Å². The van der Waals surface area contributed by atoms with Gasteiger partial charge < -0.3 is 26.3 Å². The monoisotopic (exact) mass is 425 g/mol. The minimum atomic E-state index is -0.800. The van der Waals surface area contributed by atoms with Crippen molar-refractivity contribution in [2.45, 2.75) is 63.1 Å². The van der Waals surface area contributed by atoms with Gasteiger partial charge in [0.1, 0.15) is 5.75 Å². The minimum absolute atomic E-state index is 0.00255. The molecule has 3 atom stereocenters. The van der Waals surface area contributed by atoms with Crippen molar-refractivity contribution in [2.24, 2.45) is 11.5 Å². The van der Waals surface area contributed by atoms with E-state index < -0.39 is 6.09 Å². The number of nitrogens with one attached hydrogen (secondary N) is 1. The molecule has 0 fully saturated rings. The van der Waals surface area contributed by atoms with Crippen molar-refractivity contribution in [1.82, 2.24) is 5.32 Å². The molecule has 168 valence electrons.